The lowest BCUT2D eigenvalue weighted by molar-refractivity contribution is -0.122. The predicted octanol–water partition coefficient (Wildman–Crippen LogP) is 1.89. The van der Waals surface area contributed by atoms with Crippen molar-refractivity contribution in [1.82, 2.24) is 9.62 Å². The first-order valence-corrected chi connectivity index (χ1v) is 10.0. The monoisotopic (exact) mass is 316 g/mol. The van der Waals surface area contributed by atoms with Crippen LogP contribution in [0.25, 0.3) is 0 Å². The van der Waals surface area contributed by atoms with Gasteiger partial charge >= 0.3 is 0 Å². The fraction of sp³-hybridized carbons (Fsp3) is 0.933. The van der Waals surface area contributed by atoms with Crippen molar-refractivity contribution in [2.24, 2.45) is 5.92 Å². The molecule has 21 heavy (non-hydrogen) atoms. The highest BCUT2D eigenvalue weighted by atomic mass is 32.2. The molecule has 0 aromatic rings. The van der Waals surface area contributed by atoms with Gasteiger partial charge in [0.2, 0.25) is 15.9 Å². The maximum atomic E-state index is 12.0. The summed E-state index contributed by atoms with van der Waals surface area (Å²) in [4.78, 5) is 12.0. The molecular formula is C15H28N2O3S. The molecule has 1 N–H and O–H groups in total. The highest BCUT2D eigenvalue weighted by Crippen LogP contribution is 2.27. The van der Waals surface area contributed by atoms with Crippen LogP contribution in [0, 0.1) is 5.92 Å². The van der Waals surface area contributed by atoms with Gasteiger partial charge < -0.3 is 5.32 Å². The predicted molar refractivity (Wildman–Crippen MR) is 83.4 cm³/mol. The van der Waals surface area contributed by atoms with Gasteiger partial charge in [-0.15, -0.1) is 0 Å². The number of carbonyl (C=O) groups excluding carboxylic acids is 1. The van der Waals surface area contributed by atoms with Crippen molar-refractivity contribution in [2.45, 2.75) is 63.8 Å². The van der Waals surface area contributed by atoms with Crippen LogP contribution in [0.2, 0.25) is 0 Å². The third-order valence-corrected chi connectivity index (χ3v) is 5.99. The second kappa shape index (κ2) is 7.58. The summed E-state index contributed by atoms with van der Waals surface area (Å²) in [7, 11) is -3.14. The van der Waals surface area contributed by atoms with Crippen molar-refractivity contribution in [3.63, 3.8) is 0 Å². The Bertz CT molecular complexity index is 444. The van der Waals surface area contributed by atoms with Crippen LogP contribution < -0.4 is 5.32 Å². The highest BCUT2D eigenvalue weighted by molar-refractivity contribution is 7.88. The van der Waals surface area contributed by atoms with E-state index >= 15 is 0 Å². The molecule has 1 saturated carbocycles. The van der Waals surface area contributed by atoms with Gasteiger partial charge in [-0.05, 0) is 25.2 Å². The Labute approximate surface area is 128 Å². The molecule has 1 heterocycles. The molecule has 0 aromatic carbocycles. The van der Waals surface area contributed by atoms with E-state index in [4.69, 9.17) is 0 Å². The summed E-state index contributed by atoms with van der Waals surface area (Å²) in [5.41, 5.74) is 0. The molecule has 0 radical (unpaired) electrons. The van der Waals surface area contributed by atoms with Crippen LogP contribution >= 0.6 is 0 Å². The van der Waals surface area contributed by atoms with Crippen molar-refractivity contribution in [1.29, 1.82) is 0 Å². The zero-order valence-corrected chi connectivity index (χ0v) is 13.8. The normalized spacial score (nSPS) is 25.7. The molecule has 0 bridgehead atoms. The van der Waals surface area contributed by atoms with E-state index in [1.165, 1.54) is 42.7 Å². The Hall–Kier alpha value is -0.620. The van der Waals surface area contributed by atoms with E-state index in [9.17, 15) is 13.2 Å². The molecule has 0 spiro atoms. The Morgan fingerprint density at radius 1 is 1.14 bits per heavy atom. The topological polar surface area (TPSA) is 66.5 Å². The van der Waals surface area contributed by atoms with Crippen molar-refractivity contribution in [3.05, 3.63) is 0 Å². The molecule has 5 nitrogen and oxygen atoms in total. The van der Waals surface area contributed by atoms with E-state index in [0.717, 1.165) is 19.3 Å². The Balaban J connectivity index is 1.71. The number of carbonyl (C=O) groups is 1. The second-order valence-corrected chi connectivity index (χ2v) is 8.55. The van der Waals surface area contributed by atoms with E-state index < -0.39 is 10.0 Å². The summed E-state index contributed by atoms with van der Waals surface area (Å²) in [5.74, 6) is 0.796. The Morgan fingerprint density at radius 2 is 1.86 bits per heavy atom. The fourth-order valence-electron chi connectivity index (χ4n) is 3.47. The van der Waals surface area contributed by atoms with Crippen molar-refractivity contribution in [2.75, 3.05) is 19.3 Å². The van der Waals surface area contributed by atoms with Gasteiger partial charge in [0.05, 0.1) is 6.26 Å². The molecule has 6 heteroatoms. The average molecular weight is 316 g/mol. The van der Waals surface area contributed by atoms with Crippen LogP contribution in [0.15, 0.2) is 0 Å². The molecule has 1 saturated heterocycles. The minimum atomic E-state index is -3.14. The summed E-state index contributed by atoms with van der Waals surface area (Å²) < 4.78 is 24.6. The van der Waals surface area contributed by atoms with Crippen LogP contribution in [0.1, 0.15) is 57.8 Å². The third-order valence-electron chi connectivity index (χ3n) is 4.72. The minimum absolute atomic E-state index is 0.0210. The molecule has 1 aliphatic heterocycles. The zero-order valence-electron chi connectivity index (χ0n) is 13.0. The summed E-state index contributed by atoms with van der Waals surface area (Å²) in [6.07, 6.45) is 11.0. The first kappa shape index (κ1) is 16.7. The summed E-state index contributed by atoms with van der Waals surface area (Å²) in [5, 5.41) is 3.02. The summed E-state index contributed by atoms with van der Waals surface area (Å²) >= 11 is 0. The average Bonchev–Trinajstić information content (AvgIpc) is 2.46. The van der Waals surface area contributed by atoms with E-state index in [1.54, 1.807) is 0 Å². The highest BCUT2D eigenvalue weighted by Gasteiger charge is 2.26. The molecule has 1 unspecified atom stereocenters. The largest absolute Gasteiger partial charge is 0.352 e. The van der Waals surface area contributed by atoms with Gasteiger partial charge in [0.1, 0.15) is 0 Å². The van der Waals surface area contributed by atoms with E-state index in [1.807, 2.05) is 0 Å². The number of sulfonamides is 1. The number of hydrogen-bond donors (Lipinski definition) is 1. The van der Waals surface area contributed by atoms with Crippen LogP contribution in [0.4, 0.5) is 0 Å². The van der Waals surface area contributed by atoms with Crippen LogP contribution in [0.3, 0.4) is 0 Å². The number of amides is 1. The lowest BCUT2D eigenvalue weighted by Gasteiger charge is -2.31. The molecule has 1 amide bonds. The molecule has 1 atom stereocenters. The van der Waals surface area contributed by atoms with Gasteiger partial charge in [-0.25, -0.2) is 12.7 Å². The lowest BCUT2D eigenvalue weighted by atomic mass is 9.86. The molecule has 1 aliphatic carbocycles. The SMILES string of the molecule is CS(=O)(=O)N1CCCC(NC(=O)CCC2CCCCC2)C1. The van der Waals surface area contributed by atoms with Gasteiger partial charge in [0, 0.05) is 25.6 Å². The number of nitrogens with one attached hydrogen (secondary N) is 1. The van der Waals surface area contributed by atoms with Crippen LogP contribution in [0.5, 0.6) is 0 Å². The van der Waals surface area contributed by atoms with Gasteiger partial charge in [0.15, 0.2) is 0 Å². The van der Waals surface area contributed by atoms with Gasteiger partial charge in [-0.3, -0.25) is 4.79 Å². The number of rotatable bonds is 5. The first-order chi connectivity index (χ1) is 9.95. The maximum absolute atomic E-state index is 12.0. The van der Waals surface area contributed by atoms with Crippen molar-refractivity contribution in [3.8, 4) is 0 Å². The standard InChI is InChI=1S/C15H28N2O3S/c1-21(19,20)17-11-5-8-14(12-17)16-15(18)10-9-13-6-3-2-4-7-13/h13-14H,2-12H2,1H3,(H,16,18). The minimum Gasteiger partial charge on any atom is -0.352 e. The number of nitrogens with zero attached hydrogens (tertiary/aromatic N) is 1. The van der Waals surface area contributed by atoms with Crippen LogP contribution in [-0.2, 0) is 14.8 Å². The molecule has 2 aliphatic rings. The van der Waals surface area contributed by atoms with E-state index in [-0.39, 0.29) is 11.9 Å². The second-order valence-electron chi connectivity index (χ2n) is 6.57. The molecule has 2 fully saturated rings. The molecule has 0 aromatic heterocycles. The Kier molecular flexibility index (Phi) is 6.05. The van der Waals surface area contributed by atoms with E-state index in [0.29, 0.717) is 25.4 Å². The third kappa shape index (κ3) is 5.58. The van der Waals surface area contributed by atoms with Crippen molar-refractivity contribution >= 4 is 15.9 Å². The fourth-order valence-corrected chi connectivity index (χ4v) is 4.38. The zero-order chi connectivity index (χ0) is 15.3. The van der Waals surface area contributed by atoms with Gasteiger partial charge in [-0.2, -0.15) is 0 Å². The van der Waals surface area contributed by atoms with Crippen molar-refractivity contribution < 1.29 is 13.2 Å². The smallest absolute Gasteiger partial charge is 0.220 e. The van der Waals surface area contributed by atoms with Crippen LogP contribution in [-0.4, -0.2) is 44.0 Å². The van der Waals surface area contributed by atoms with Gasteiger partial charge in [-0.1, -0.05) is 32.1 Å². The number of hydrogen-bond acceptors (Lipinski definition) is 3. The lowest BCUT2D eigenvalue weighted by Crippen LogP contribution is -2.49. The maximum Gasteiger partial charge on any atom is 0.220 e. The molecule has 122 valence electrons. The first-order valence-electron chi connectivity index (χ1n) is 8.19. The summed E-state index contributed by atoms with van der Waals surface area (Å²) in [6, 6.07) is -0.0210. The summed E-state index contributed by atoms with van der Waals surface area (Å²) in [6.45, 7) is 1.00. The molecule has 2 rings (SSSR count). The number of piperidine rings is 1. The van der Waals surface area contributed by atoms with Gasteiger partial charge in [0.25, 0.3) is 0 Å². The molecular weight excluding hydrogens is 288 g/mol. The Morgan fingerprint density at radius 3 is 2.52 bits per heavy atom. The quantitative estimate of drug-likeness (QED) is 0.842. The van der Waals surface area contributed by atoms with E-state index in [2.05, 4.69) is 5.32 Å².